The SMILES string of the molecule is O=C(NC(CCO)c1ccccc1)c1ccc(Br)cn1. The van der Waals surface area contributed by atoms with Gasteiger partial charge >= 0.3 is 0 Å². The molecule has 2 N–H and O–H groups in total. The number of halogens is 1. The molecule has 4 nitrogen and oxygen atoms in total. The average Bonchev–Trinajstić information content (AvgIpc) is 2.48. The van der Waals surface area contributed by atoms with Crippen molar-refractivity contribution in [3.05, 3.63) is 64.4 Å². The van der Waals surface area contributed by atoms with Crippen molar-refractivity contribution in [1.29, 1.82) is 0 Å². The minimum atomic E-state index is -0.250. The molecule has 1 heterocycles. The van der Waals surface area contributed by atoms with Crippen molar-refractivity contribution in [2.24, 2.45) is 0 Å². The summed E-state index contributed by atoms with van der Waals surface area (Å²) >= 11 is 3.28. The van der Waals surface area contributed by atoms with Gasteiger partial charge in [-0.05, 0) is 40.0 Å². The van der Waals surface area contributed by atoms with E-state index >= 15 is 0 Å². The number of hydrogen-bond donors (Lipinski definition) is 2. The first kappa shape index (κ1) is 14.7. The largest absolute Gasteiger partial charge is 0.396 e. The first-order chi connectivity index (χ1) is 9.70. The number of benzene rings is 1. The smallest absolute Gasteiger partial charge is 0.270 e. The number of carbonyl (C=O) groups excluding carboxylic acids is 1. The molecule has 0 saturated heterocycles. The molecular weight excluding hydrogens is 320 g/mol. The number of rotatable bonds is 5. The van der Waals surface area contributed by atoms with Crippen molar-refractivity contribution in [2.45, 2.75) is 12.5 Å². The van der Waals surface area contributed by atoms with Gasteiger partial charge in [-0.3, -0.25) is 4.79 Å². The zero-order valence-corrected chi connectivity index (χ0v) is 12.4. The average molecular weight is 335 g/mol. The van der Waals surface area contributed by atoms with Crippen molar-refractivity contribution in [1.82, 2.24) is 10.3 Å². The second kappa shape index (κ2) is 7.17. The lowest BCUT2D eigenvalue weighted by Gasteiger charge is -2.18. The third-order valence-corrected chi connectivity index (χ3v) is 3.35. The maximum Gasteiger partial charge on any atom is 0.270 e. The molecule has 0 radical (unpaired) electrons. The normalized spacial score (nSPS) is 11.9. The summed E-state index contributed by atoms with van der Waals surface area (Å²) in [4.78, 5) is 16.2. The molecule has 5 heteroatoms. The monoisotopic (exact) mass is 334 g/mol. The van der Waals surface area contributed by atoms with E-state index in [1.165, 1.54) is 0 Å². The molecule has 1 atom stereocenters. The number of aromatic nitrogens is 1. The summed E-state index contributed by atoms with van der Waals surface area (Å²) in [6.07, 6.45) is 2.05. The molecule has 2 rings (SSSR count). The highest BCUT2D eigenvalue weighted by Crippen LogP contribution is 2.17. The maximum atomic E-state index is 12.1. The molecule has 0 aliphatic rings. The summed E-state index contributed by atoms with van der Waals surface area (Å²) in [7, 11) is 0. The van der Waals surface area contributed by atoms with E-state index in [-0.39, 0.29) is 18.6 Å². The van der Waals surface area contributed by atoms with Gasteiger partial charge < -0.3 is 10.4 Å². The molecule has 20 heavy (non-hydrogen) atoms. The van der Waals surface area contributed by atoms with Crippen LogP contribution in [0.15, 0.2) is 53.1 Å². The van der Waals surface area contributed by atoms with Crippen molar-refractivity contribution < 1.29 is 9.90 Å². The predicted molar refractivity (Wildman–Crippen MR) is 80.3 cm³/mol. The van der Waals surface area contributed by atoms with E-state index in [4.69, 9.17) is 5.11 Å². The van der Waals surface area contributed by atoms with E-state index in [0.29, 0.717) is 12.1 Å². The van der Waals surface area contributed by atoms with E-state index in [1.807, 2.05) is 30.3 Å². The first-order valence-electron chi connectivity index (χ1n) is 6.29. The second-order valence-electron chi connectivity index (χ2n) is 4.31. The molecule has 0 fully saturated rings. The van der Waals surface area contributed by atoms with Gasteiger partial charge in [0.05, 0.1) is 6.04 Å². The fraction of sp³-hybridized carbons (Fsp3) is 0.200. The van der Waals surface area contributed by atoms with Crippen molar-refractivity contribution >= 4 is 21.8 Å². The standard InChI is InChI=1S/C15H15BrN2O2/c16-12-6-7-14(17-10-12)15(20)18-13(8-9-19)11-4-2-1-3-5-11/h1-7,10,13,19H,8-9H2,(H,18,20). The van der Waals surface area contributed by atoms with Gasteiger partial charge in [0.15, 0.2) is 0 Å². The number of carbonyl (C=O) groups is 1. The minimum Gasteiger partial charge on any atom is -0.396 e. The summed E-state index contributed by atoms with van der Waals surface area (Å²) in [5, 5.41) is 12.0. The zero-order chi connectivity index (χ0) is 14.4. The van der Waals surface area contributed by atoms with E-state index < -0.39 is 0 Å². The molecule has 1 unspecified atom stereocenters. The Labute approximate surface area is 126 Å². The zero-order valence-electron chi connectivity index (χ0n) is 10.8. The molecule has 0 saturated carbocycles. The van der Waals surface area contributed by atoms with Gasteiger partial charge in [0.1, 0.15) is 5.69 Å². The van der Waals surface area contributed by atoms with Crippen molar-refractivity contribution in [3.63, 3.8) is 0 Å². The van der Waals surface area contributed by atoms with Crippen LogP contribution in [-0.2, 0) is 0 Å². The van der Waals surface area contributed by atoms with Crippen LogP contribution in [-0.4, -0.2) is 22.6 Å². The van der Waals surface area contributed by atoms with Crippen LogP contribution in [0.25, 0.3) is 0 Å². The van der Waals surface area contributed by atoms with Gasteiger partial charge in [-0.15, -0.1) is 0 Å². The van der Waals surface area contributed by atoms with Crippen molar-refractivity contribution in [3.8, 4) is 0 Å². The van der Waals surface area contributed by atoms with Gasteiger partial charge in [0.25, 0.3) is 5.91 Å². The van der Waals surface area contributed by atoms with E-state index in [2.05, 4.69) is 26.2 Å². The fourth-order valence-corrected chi connectivity index (χ4v) is 2.11. The molecule has 2 aromatic rings. The van der Waals surface area contributed by atoms with Gasteiger partial charge in [-0.1, -0.05) is 30.3 Å². The third kappa shape index (κ3) is 3.88. The Morgan fingerprint density at radius 3 is 2.60 bits per heavy atom. The predicted octanol–water partition coefficient (Wildman–Crippen LogP) is 2.70. The fourth-order valence-electron chi connectivity index (χ4n) is 1.88. The van der Waals surface area contributed by atoms with Gasteiger partial charge in [-0.2, -0.15) is 0 Å². The minimum absolute atomic E-state index is 0.00755. The van der Waals surface area contributed by atoms with Crippen LogP contribution in [0.5, 0.6) is 0 Å². The lowest BCUT2D eigenvalue weighted by Crippen LogP contribution is -2.29. The Morgan fingerprint density at radius 2 is 2.00 bits per heavy atom. The third-order valence-electron chi connectivity index (χ3n) is 2.89. The number of aliphatic hydroxyl groups excluding tert-OH is 1. The number of pyridine rings is 1. The van der Waals surface area contributed by atoms with Gasteiger partial charge in [-0.25, -0.2) is 4.98 Å². The van der Waals surface area contributed by atoms with Crippen LogP contribution < -0.4 is 5.32 Å². The molecule has 1 aromatic carbocycles. The molecule has 0 aliphatic carbocycles. The van der Waals surface area contributed by atoms with Crippen LogP contribution in [0.1, 0.15) is 28.5 Å². The number of nitrogens with one attached hydrogen (secondary N) is 1. The van der Waals surface area contributed by atoms with Crippen LogP contribution in [0, 0.1) is 0 Å². The Bertz CT molecular complexity index is 558. The number of nitrogens with zero attached hydrogens (tertiary/aromatic N) is 1. The highest BCUT2D eigenvalue weighted by molar-refractivity contribution is 9.10. The van der Waals surface area contributed by atoms with E-state index in [1.54, 1.807) is 18.3 Å². The van der Waals surface area contributed by atoms with Crippen LogP contribution in [0.2, 0.25) is 0 Å². The van der Waals surface area contributed by atoms with E-state index in [0.717, 1.165) is 10.0 Å². The van der Waals surface area contributed by atoms with Crippen LogP contribution in [0.4, 0.5) is 0 Å². The molecule has 104 valence electrons. The highest BCUT2D eigenvalue weighted by Gasteiger charge is 2.15. The number of amides is 1. The molecular formula is C15H15BrN2O2. The second-order valence-corrected chi connectivity index (χ2v) is 5.23. The Balaban J connectivity index is 2.12. The molecule has 0 bridgehead atoms. The van der Waals surface area contributed by atoms with Gasteiger partial charge in [0.2, 0.25) is 0 Å². The van der Waals surface area contributed by atoms with Crippen LogP contribution in [0.3, 0.4) is 0 Å². The summed E-state index contributed by atoms with van der Waals surface area (Å²) in [5.74, 6) is -0.250. The quantitative estimate of drug-likeness (QED) is 0.883. The lowest BCUT2D eigenvalue weighted by atomic mass is 10.0. The lowest BCUT2D eigenvalue weighted by molar-refractivity contribution is 0.0925. The molecule has 0 aliphatic heterocycles. The molecule has 1 amide bonds. The Hall–Kier alpha value is -1.72. The Morgan fingerprint density at radius 1 is 1.25 bits per heavy atom. The van der Waals surface area contributed by atoms with Crippen LogP contribution >= 0.6 is 15.9 Å². The highest BCUT2D eigenvalue weighted by atomic mass is 79.9. The van der Waals surface area contributed by atoms with E-state index in [9.17, 15) is 4.79 Å². The topological polar surface area (TPSA) is 62.2 Å². The summed E-state index contributed by atoms with van der Waals surface area (Å²) in [6.45, 7) is 0.00755. The summed E-state index contributed by atoms with van der Waals surface area (Å²) < 4.78 is 0.823. The maximum absolute atomic E-state index is 12.1. The molecule has 1 aromatic heterocycles. The summed E-state index contributed by atoms with van der Waals surface area (Å²) in [6, 6.07) is 12.8. The molecule has 0 spiro atoms. The first-order valence-corrected chi connectivity index (χ1v) is 7.08. The Kier molecular flexibility index (Phi) is 5.26. The van der Waals surface area contributed by atoms with Crippen molar-refractivity contribution in [2.75, 3.05) is 6.61 Å². The number of hydrogen-bond acceptors (Lipinski definition) is 3. The number of aliphatic hydroxyl groups is 1. The van der Waals surface area contributed by atoms with Gasteiger partial charge in [0, 0.05) is 17.3 Å². The summed E-state index contributed by atoms with van der Waals surface area (Å²) in [5.41, 5.74) is 1.32.